The molecule has 0 bridgehead atoms. The Morgan fingerprint density at radius 2 is 1.67 bits per heavy atom. The molecule has 0 unspecified atom stereocenters. The van der Waals surface area contributed by atoms with E-state index in [1.807, 2.05) is 0 Å². The van der Waals surface area contributed by atoms with Gasteiger partial charge in [0.1, 0.15) is 29.8 Å². The molecule has 2 aromatic carbocycles. The van der Waals surface area contributed by atoms with E-state index >= 15 is 0 Å². The standard InChI is InChI=1S/C23H22N4O6/c1-30-17-7-5-14(6-8-17)22-25-12-15(11-24)23(29)27(22)13-20(28)26-16-9-18(31-2)21(33-4)19(10-16)32-3/h5-10,12H,13H2,1-4H3,(H,26,28). The Labute approximate surface area is 189 Å². The average molecular weight is 450 g/mol. The zero-order chi connectivity index (χ0) is 24.0. The number of hydrogen-bond donors (Lipinski definition) is 1. The number of carbonyl (C=O) groups is 1. The van der Waals surface area contributed by atoms with E-state index in [4.69, 9.17) is 18.9 Å². The fourth-order valence-electron chi connectivity index (χ4n) is 3.18. The summed E-state index contributed by atoms with van der Waals surface area (Å²) in [6.07, 6.45) is 1.19. The Balaban J connectivity index is 1.96. The topological polar surface area (TPSA) is 125 Å². The first-order valence-electron chi connectivity index (χ1n) is 9.69. The van der Waals surface area contributed by atoms with Crippen molar-refractivity contribution in [1.29, 1.82) is 5.26 Å². The van der Waals surface area contributed by atoms with Gasteiger partial charge in [0.25, 0.3) is 5.56 Å². The quantitative estimate of drug-likeness (QED) is 0.555. The summed E-state index contributed by atoms with van der Waals surface area (Å²) in [5.74, 6) is 1.44. The summed E-state index contributed by atoms with van der Waals surface area (Å²) in [6, 6.07) is 11.8. The number of rotatable bonds is 8. The molecule has 3 rings (SSSR count). The smallest absolute Gasteiger partial charge is 0.272 e. The maximum absolute atomic E-state index is 12.9. The van der Waals surface area contributed by atoms with Gasteiger partial charge in [0.2, 0.25) is 11.7 Å². The third-order valence-corrected chi connectivity index (χ3v) is 4.77. The number of carbonyl (C=O) groups excluding carboxylic acids is 1. The second-order valence-electron chi connectivity index (χ2n) is 6.69. The lowest BCUT2D eigenvalue weighted by atomic mass is 10.2. The number of hydrogen-bond acceptors (Lipinski definition) is 8. The SMILES string of the molecule is COc1ccc(-c2ncc(C#N)c(=O)n2CC(=O)Nc2cc(OC)c(OC)c(OC)c2)cc1. The van der Waals surface area contributed by atoms with Crippen LogP contribution in [0.15, 0.2) is 47.4 Å². The molecule has 0 radical (unpaired) electrons. The van der Waals surface area contributed by atoms with Gasteiger partial charge in [-0.3, -0.25) is 14.2 Å². The molecule has 0 saturated carbocycles. The highest BCUT2D eigenvalue weighted by atomic mass is 16.5. The van der Waals surface area contributed by atoms with Crippen LogP contribution in [0.1, 0.15) is 5.56 Å². The van der Waals surface area contributed by atoms with Crippen LogP contribution in [0.3, 0.4) is 0 Å². The fraction of sp³-hybridized carbons (Fsp3) is 0.217. The number of methoxy groups -OCH3 is 4. The Hall–Kier alpha value is -4.52. The van der Waals surface area contributed by atoms with E-state index < -0.39 is 11.5 Å². The molecule has 10 heteroatoms. The van der Waals surface area contributed by atoms with Crippen molar-refractivity contribution in [3.8, 4) is 40.5 Å². The molecule has 0 aliphatic rings. The molecule has 0 atom stereocenters. The number of aromatic nitrogens is 2. The molecule has 0 aliphatic carbocycles. The molecule has 0 fully saturated rings. The van der Waals surface area contributed by atoms with Crippen molar-refractivity contribution in [1.82, 2.24) is 9.55 Å². The Morgan fingerprint density at radius 3 is 2.18 bits per heavy atom. The molecule has 1 aromatic heterocycles. The lowest BCUT2D eigenvalue weighted by Crippen LogP contribution is -2.31. The highest BCUT2D eigenvalue weighted by Crippen LogP contribution is 2.39. The monoisotopic (exact) mass is 450 g/mol. The van der Waals surface area contributed by atoms with Gasteiger partial charge in [0, 0.05) is 23.4 Å². The summed E-state index contributed by atoms with van der Waals surface area (Å²) >= 11 is 0. The van der Waals surface area contributed by atoms with Gasteiger partial charge in [-0.2, -0.15) is 5.26 Å². The number of nitriles is 1. The first-order chi connectivity index (χ1) is 15.9. The fourth-order valence-corrected chi connectivity index (χ4v) is 3.18. The van der Waals surface area contributed by atoms with Gasteiger partial charge >= 0.3 is 0 Å². The predicted molar refractivity (Wildman–Crippen MR) is 120 cm³/mol. The first-order valence-corrected chi connectivity index (χ1v) is 9.69. The second-order valence-corrected chi connectivity index (χ2v) is 6.69. The van der Waals surface area contributed by atoms with Crippen LogP contribution in [-0.2, 0) is 11.3 Å². The van der Waals surface area contributed by atoms with Gasteiger partial charge in [-0.05, 0) is 24.3 Å². The summed E-state index contributed by atoms with van der Waals surface area (Å²) < 4.78 is 22.2. The zero-order valence-corrected chi connectivity index (χ0v) is 18.5. The van der Waals surface area contributed by atoms with Gasteiger partial charge < -0.3 is 24.3 Å². The summed E-state index contributed by atoms with van der Waals surface area (Å²) in [6.45, 7) is -0.376. The van der Waals surface area contributed by atoms with Gasteiger partial charge in [-0.15, -0.1) is 0 Å². The summed E-state index contributed by atoms with van der Waals surface area (Å²) in [4.78, 5) is 29.9. The van der Waals surface area contributed by atoms with Crippen LogP contribution < -0.4 is 29.8 Å². The van der Waals surface area contributed by atoms with E-state index in [0.717, 1.165) is 4.57 Å². The normalized spacial score (nSPS) is 10.2. The van der Waals surface area contributed by atoms with Crippen LogP contribution in [0, 0.1) is 11.3 Å². The Kier molecular flexibility index (Phi) is 7.15. The van der Waals surface area contributed by atoms with Crippen molar-refractivity contribution >= 4 is 11.6 Å². The largest absolute Gasteiger partial charge is 0.497 e. The van der Waals surface area contributed by atoms with Gasteiger partial charge in [-0.25, -0.2) is 4.98 Å². The van der Waals surface area contributed by atoms with E-state index in [9.17, 15) is 14.9 Å². The van der Waals surface area contributed by atoms with Gasteiger partial charge in [0.05, 0.1) is 34.6 Å². The van der Waals surface area contributed by atoms with Crippen molar-refractivity contribution < 1.29 is 23.7 Å². The average Bonchev–Trinajstić information content (AvgIpc) is 2.84. The molecule has 0 spiro atoms. The molecule has 10 nitrogen and oxygen atoms in total. The molecular formula is C23H22N4O6. The predicted octanol–water partition coefficient (Wildman–Crippen LogP) is 2.46. The van der Waals surface area contributed by atoms with Crippen LogP contribution in [0.4, 0.5) is 5.69 Å². The van der Waals surface area contributed by atoms with Crippen LogP contribution in [0.5, 0.6) is 23.0 Å². The summed E-state index contributed by atoms with van der Waals surface area (Å²) in [7, 11) is 5.94. The lowest BCUT2D eigenvalue weighted by molar-refractivity contribution is -0.116. The molecular weight excluding hydrogens is 428 g/mol. The van der Waals surface area contributed by atoms with Crippen molar-refractivity contribution in [3.63, 3.8) is 0 Å². The van der Waals surface area contributed by atoms with Gasteiger partial charge in [0.15, 0.2) is 11.5 Å². The van der Waals surface area contributed by atoms with Crippen molar-refractivity contribution in [3.05, 3.63) is 58.5 Å². The highest BCUT2D eigenvalue weighted by Gasteiger charge is 2.18. The van der Waals surface area contributed by atoms with E-state index in [-0.39, 0.29) is 17.9 Å². The first kappa shape index (κ1) is 23.1. The molecule has 1 N–H and O–H groups in total. The maximum Gasteiger partial charge on any atom is 0.272 e. The van der Waals surface area contributed by atoms with E-state index in [0.29, 0.717) is 34.2 Å². The molecule has 33 heavy (non-hydrogen) atoms. The molecule has 3 aromatic rings. The maximum atomic E-state index is 12.9. The number of nitrogens with one attached hydrogen (secondary N) is 1. The van der Waals surface area contributed by atoms with Crippen molar-refractivity contribution in [2.45, 2.75) is 6.54 Å². The Morgan fingerprint density at radius 1 is 1.03 bits per heavy atom. The lowest BCUT2D eigenvalue weighted by Gasteiger charge is -2.16. The second kappa shape index (κ2) is 10.2. The van der Waals surface area contributed by atoms with E-state index in [1.165, 1.54) is 27.5 Å². The number of anilines is 1. The minimum absolute atomic E-state index is 0.173. The van der Waals surface area contributed by atoms with Crippen LogP contribution in [0.25, 0.3) is 11.4 Å². The van der Waals surface area contributed by atoms with Crippen molar-refractivity contribution in [2.24, 2.45) is 0 Å². The van der Waals surface area contributed by atoms with Crippen LogP contribution >= 0.6 is 0 Å². The van der Waals surface area contributed by atoms with Gasteiger partial charge in [-0.1, -0.05) is 0 Å². The highest BCUT2D eigenvalue weighted by molar-refractivity contribution is 5.91. The molecule has 1 heterocycles. The third-order valence-electron chi connectivity index (χ3n) is 4.77. The molecule has 0 saturated heterocycles. The van der Waals surface area contributed by atoms with Crippen LogP contribution in [-0.4, -0.2) is 43.9 Å². The molecule has 1 amide bonds. The number of ether oxygens (including phenoxy) is 4. The zero-order valence-electron chi connectivity index (χ0n) is 18.5. The molecule has 170 valence electrons. The molecule has 0 aliphatic heterocycles. The number of amides is 1. The van der Waals surface area contributed by atoms with E-state index in [2.05, 4.69) is 10.3 Å². The number of nitrogens with zero attached hydrogens (tertiary/aromatic N) is 3. The minimum atomic E-state index is -0.627. The van der Waals surface area contributed by atoms with Crippen molar-refractivity contribution in [2.75, 3.05) is 33.8 Å². The third kappa shape index (κ3) is 4.88. The van der Waals surface area contributed by atoms with Crippen LogP contribution in [0.2, 0.25) is 0 Å². The Bertz CT molecular complexity index is 1240. The number of benzene rings is 2. The summed E-state index contributed by atoms with van der Waals surface area (Å²) in [5.41, 5.74) is 0.155. The van der Waals surface area contributed by atoms with E-state index in [1.54, 1.807) is 49.6 Å². The summed E-state index contributed by atoms with van der Waals surface area (Å²) in [5, 5.41) is 12.0. The minimum Gasteiger partial charge on any atom is -0.497 e.